The molecule has 2 fully saturated rings. The summed E-state index contributed by atoms with van der Waals surface area (Å²) >= 11 is 0. The minimum absolute atomic E-state index is 0.336. The van der Waals surface area contributed by atoms with Gasteiger partial charge in [0.1, 0.15) is 5.75 Å². The van der Waals surface area contributed by atoms with Gasteiger partial charge in [-0.3, -0.25) is 4.99 Å². The SMILES string of the molecule is CCNC(=NCC(O)c1ccc(OC)cc1)NC1CCN(C2CCCC2)CC1. The molecule has 1 heterocycles. The van der Waals surface area contributed by atoms with Gasteiger partial charge in [-0.25, -0.2) is 0 Å². The lowest BCUT2D eigenvalue weighted by Gasteiger charge is -2.36. The summed E-state index contributed by atoms with van der Waals surface area (Å²) in [5.41, 5.74) is 0.852. The van der Waals surface area contributed by atoms with Gasteiger partial charge in [-0.1, -0.05) is 25.0 Å². The molecule has 3 N–H and O–H groups in total. The first kappa shape index (κ1) is 20.9. The molecule has 1 aromatic rings. The Morgan fingerprint density at radius 1 is 1.18 bits per heavy atom. The molecule has 6 nitrogen and oxygen atoms in total. The first-order valence-corrected chi connectivity index (χ1v) is 10.8. The van der Waals surface area contributed by atoms with E-state index in [0.717, 1.165) is 42.7 Å². The molecular weight excluding hydrogens is 352 g/mol. The van der Waals surface area contributed by atoms with E-state index in [1.165, 1.54) is 38.8 Å². The normalized spacial score (nSPS) is 20.9. The summed E-state index contributed by atoms with van der Waals surface area (Å²) < 4.78 is 5.17. The number of rotatable bonds is 7. The van der Waals surface area contributed by atoms with Crippen LogP contribution in [-0.2, 0) is 0 Å². The summed E-state index contributed by atoms with van der Waals surface area (Å²) in [5, 5.41) is 17.3. The van der Waals surface area contributed by atoms with E-state index in [0.29, 0.717) is 12.6 Å². The van der Waals surface area contributed by atoms with Crippen LogP contribution in [0, 0.1) is 0 Å². The number of ether oxygens (including phenoxy) is 1. The lowest BCUT2D eigenvalue weighted by atomic mass is 10.0. The lowest BCUT2D eigenvalue weighted by Crippen LogP contribution is -2.50. The van der Waals surface area contributed by atoms with Gasteiger partial charge in [-0.05, 0) is 50.3 Å². The fraction of sp³-hybridized carbons (Fsp3) is 0.682. The second kappa shape index (κ2) is 10.7. The second-order valence-corrected chi connectivity index (χ2v) is 7.90. The molecule has 6 heteroatoms. The van der Waals surface area contributed by atoms with Crippen LogP contribution in [0.25, 0.3) is 0 Å². The first-order chi connectivity index (χ1) is 13.7. The lowest BCUT2D eigenvalue weighted by molar-refractivity contribution is 0.150. The largest absolute Gasteiger partial charge is 0.497 e. The van der Waals surface area contributed by atoms with E-state index in [1.807, 2.05) is 24.3 Å². The molecule has 1 aliphatic carbocycles. The van der Waals surface area contributed by atoms with Crippen molar-refractivity contribution in [3.63, 3.8) is 0 Å². The Morgan fingerprint density at radius 3 is 2.46 bits per heavy atom. The van der Waals surface area contributed by atoms with Crippen molar-refractivity contribution in [2.75, 3.05) is 33.3 Å². The average molecular weight is 389 g/mol. The smallest absolute Gasteiger partial charge is 0.191 e. The predicted molar refractivity (Wildman–Crippen MR) is 114 cm³/mol. The van der Waals surface area contributed by atoms with Gasteiger partial charge in [0.25, 0.3) is 0 Å². The van der Waals surface area contributed by atoms with E-state index in [1.54, 1.807) is 7.11 Å². The number of likely N-dealkylation sites (tertiary alicyclic amines) is 1. The Morgan fingerprint density at radius 2 is 1.86 bits per heavy atom. The quantitative estimate of drug-likeness (QED) is 0.495. The molecule has 156 valence electrons. The fourth-order valence-electron chi connectivity index (χ4n) is 4.30. The molecule has 1 saturated heterocycles. The molecule has 1 saturated carbocycles. The summed E-state index contributed by atoms with van der Waals surface area (Å²) in [7, 11) is 1.64. The van der Waals surface area contributed by atoms with Crippen LogP contribution in [-0.4, -0.2) is 61.3 Å². The van der Waals surface area contributed by atoms with Crippen molar-refractivity contribution < 1.29 is 9.84 Å². The minimum atomic E-state index is -0.620. The van der Waals surface area contributed by atoms with E-state index in [2.05, 4.69) is 27.4 Å². The summed E-state index contributed by atoms with van der Waals surface area (Å²) in [4.78, 5) is 7.31. The standard InChI is InChI=1S/C22H36N4O2/c1-3-23-22(24-16-21(27)17-8-10-20(28-2)11-9-17)25-18-12-14-26(15-13-18)19-6-4-5-7-19/h8-11,18-19,21,27H,3-7,12-16H2,1-2H3,(H2,23,24,25). The van der Waals surface area contributed by atoms with Gasteiger partial charge in [0.15, 0.2) is 5.96 Å². The van der Waals surface area contributed by atoms with E-state index in [-0.39, 0.29) is 0 Å². The second-order valence-electron chi connectivity index (χ2n) is 7.90. The van der Waals surface area contributed by atoms with Crippen molar-refractivity contribution in [1.29, 1.82) is 0 Å². The Hall–Kier alpha value is -1.79. The van der Waals surface area contributed by atoms with Crippen molar-refractivity contribution in [1.82, 2.24) is 15.5 Å². The van der Waals surface area contributed by atoms with Crippen LogP contribution in [0.5, 0.6) is 5.75 Å². The van der Waals surface area contributed by atoms with Gasteiger partial charge in [0, 0.05) is 31.7 Å². The Balaban J connectivity index is 1.49. The Labute approximate surface area is 169 Å². The van der Waals surface area contributed by atoms with E-state index in [4.69, 9.17) is 4.74 Å². The first-order valence-electron chi connectivity index (χ1n) is 10.8. The number of guanidine groups is 1. The third kappa shape index (κ3) is 5.85. The van der Waals surface area contributed by atoms with Crippen molar-refractivity contribution in [3.05, 3.63) is 29.8 Å². The van der Waals surface area contributed by atoms with Gasteiger partial charge < -0.3 is 25.4 Å². The Bertz CT molecular complexity index is 605. The number of methoxy groups -OCH3 is 1. The average Bonchev–Trinajstić information content (AvgIpc) is 3.27. The van der Waals surface area contributed by atoms with Gasteiger partial charge in [-0.2, -0.15) is 0 Å². The van der Waals surface area contributed by atoms with E-state index in [9.17, 15) is 5.11 Å². The van der Waals surface area contributed by atoms with Crippen LogP contribution in [0.15, 0.2) is 29.3 Å². The van der Waals surface area contributed by atoms with Crippen molar-refractivity contribution >= 4 is 5.96 Å². The molecule has 0 aromatic heterocycles. The molecule has 1 aliphatic heterocycles. The third-order valence-corrected chi connectivity index (χ3v) is 5.98. The molecule has 0 radical (unpaired) electrons. The van der Waals surface area contributed by atoms with Crippen molar-refractivity contribution in [2.45, 2.75) is 63.6 Å². The molecular formula is C22H36N4O2. The zero-order valence-corrected chi connectivity index (χ0v) is 17.4. The maximum atomic E-state index is 10.5. The highest BCUT2D eigenvalue weighted by atomic mass is 16.5. The number of nitrogens with zero attached hydrogens (tertiary/aromatic N) is 2. The molecule has 28 heavy (non-hydrogen) atoms. The predicted octanol–water partition coefficient (Wildman–Crippen LogP) is 2.69. The molecule has 3 rings (SSSR count). The number of hydrogen-bond donors (Lipinski definition) is 3. The zero-order valence-electron chi connectivity index (χ0n) is 17.4. The van der Waals surface area contributed by atoms with Crippen molar-refractivity contribution in [2.24, 2.45) is 4.99 Å². The monoisotopic (exact) mass is 388 g/mol. The van der Waals surface area contributed by atoms with E-state index >= 15 is 0 Å². The highest BCUT2D eigenvalue weighted by Crippen LogP contribution is 2.26. The van der Waals surface area contributed by atoms with Crippen LogP contribution < -0.4 is 15.4 Å². The summed E-state index contributed by atoms with van der Waals surface area (Å²) in [5.74, 6) is 1.59. The summed E-state index contributed by atoms with van der Waals surface area (Å²) in [6, 6.07) is 8.78. The van der Waals surface area contributed by atoms with Crippen LogP contribution in [0.1, 0.15) is 57.1 Å². The number of piperidine rings is 1. The molecule has 0 spiro atoms. The molecule has 1 unspecified atom stereocenters. The zero-order chi connectivity index (χ0) is 19.8. The highest BCUT2D eigenvalue weighted by Gasteiger charge is 2.27. The molecule has 0 amide bonds. The van der Waals surface area contributed by atoms with Gasteiger partial charge in [0.05, 0.1) is 19.8 Å². The van der Waals surface area contributed by atoms with Crippen LogP contribution >= 0.6 is 0 Å². The Kier molecular flexibility index (Phi) is 7.98. The topological polar surface area (TPSA) is 69.1 Å². The highest BCUT2D eigenvalue weighted by molar-refractivity contribution is 5.80. The fourth-order valence-corrected chi connectivity index (χ4v) is 4.30. The molecule has 1 atom stereocenters. The molecule has 2 aliphatic rings. The minimum Gasteiger partial charge on any atom is -0.497 e. The molecule has 0 bridgehead atoms. The number of aliphatic imine (C=N–C) groups is 1. The van der Waals surface area contributed by atoms with Crippen LogP contribution in [0.4, 0.5) is 0 Å². The van der Waals surface area contributed by atoms with Crippen molar-refractivity contribution in [3.8, 4) is 5.75 Å². The summed E-state index contributed by atoms with van der Waals surface area (Å²) in [6.45, 7) is 5.57. The third-order valence-electron chi connectivity index (χ3n) is 5.98. The van der Waals surface area contributed by atoms with Gasteiger partial charge in [0.2, 0.25) is 0 Å². The number of nitrogens with one attached hydrogen (secondary N) is 2. The maximum absolute atomic E-state index is 10.5. The van der Waals surface area contributed by atoms with Gasteiger partial charge in [-0.15, -0.1) is 0 Å². The van der Waals surface area contributed by atoms with Gasteiger partial charge >= 0.3 is 0 Å². The number of hydrogen-bond acceptors (Lipinski definition) is 4. The maximum Gasteiger partial charge on any atom is 0.191 e. The number of aliphatic hydroxyl groups is 1. The number of benzene rings is 1. The van der Waals surface area contributed by atoms with Crippen LogP contribution in [0.2, 0.25) is 0 Å². The molecule has 1 aromatic carbocycles. The van der Waals surface area contributed by atoms with E-state index < -0.39 is 6.10 Å². The summed E-state index contributed by atoms with van der Waals surface area (Å²) in [6.07, 6.45) is 7.25. The van der Waals surface area contributed by atoms with Crippen LogP contribution in [0.3, 0.4) is 0 Å². The number of aliphatic hydroxyl groups excluding tert-OH is 1.